The lowest BCUT2D eigenvalue weighted by Gasteiger charge is -2.25. The molecule has 0 aliphatic heterocycles. The van der Waals surface area contributed by atoms with Crippen LogP contribution in [0.5, 0.6) is 0 Å². The molecule has 3 amide bonds. The molecule has 0 bridgehead atoms. The molecule has 0 saturated heterocycles. The highest BCUT2D eigenvalue weighted by molar-refractivity contribution is 6.39. The van der Waals surface area contributed by atoms with Crippen molar-refractivity contribution in [1.29, 1.82) is 0 Å². The van der Waals surface area contributed by atoms with Gasteiger partial charge in [0.2, 0.25) is 5.91 Å². The zero-order chi connectivity index (χ0) is 27.3. The van der Waals surface area contributed by atoms with Gasteiger partial charge in [0, 0.05) is 50.5 Å². The van der Waals surface area contributed by atoms with Crippen LogP contribution in [0.25, 0.3) is 0 Å². The van der Waals surface area contributed by atoms with E-state index < -0.39 is 0 Å². The number of halogens is 3. The first-order chi connectivity index (χ1) is 18.4. The Balaban J connectivity index is 1.42. The summed E-state index contributed by atoms with van der Waals surface area (Å²) < 4.78 is 13.0. The lowest BCUT2D eigenvalue weighted by Crippen LogP contribution is -2.37. The molecule has 7 nitrogen and oxygen atoms in total. The van der Waals surface area contributed by atoms with Gasteiger partial charge in [0.05, 0.1) is 15.7 Å². The van der Waals surface area contributed by atoms with E-state index in [2.05, 4.69) is 33.1 Å². The first-order valence-electron chi connectivity index (χ1n) is 12.4. The number of anilines is 3. The summed E-state index contributed by atoms with van der Waals surface area (Å²) in [7, 11) is 0. The number of nitrogens with zero attached hydrogens (tertiary/aromatic N) is 1. The molecule has 0 aromatic heterocycles. The largest absolute Gasteiger partial charge is 0.370 e. The van der Waals surface area contributed by atoms with Crippen LogP contribution in [-0.4, -0.2) is 38.1 Å². The number of hydrogen-bond acceptors (Lipinski definition) is 4. The molecule has 0 aliphatic rings. The number of amides is 3. The van der Waals surface area contributed by atoms with Gasteiger partial charge in [-0.1, -0.05) is 48.3 Å². The molecule has 0 heterocycles. The van der Waals surface area contributed by atoms with Crippen molar-refractivity contribution >= 4 is 52.2 Å². The van der Waals surface area contributed by atoms with Gasteiger partial charge < -0.3 is 26.2 Å². The Morgan fingerprint density at radius 2 is 1.55 bits per heavy atom. The summed E-state index contributed by atoms with van der Waals surface area (Å²) in [6.07, 6.45) is 1.25. The topological polar surface area (TPSA) is 85.5 Å². The molecule has 0 saturated carbocycles. The smallest absolute Gasteiger partial charge is 0.319 e. The number of urea groups is 1. The molecule has 38 heavy (non-hydrogen) atoms. The van der Waals surface area contributed by atoms with E-state index in [1.807, 2.05) is 24.3 Å². The Bertz CT molecular complexity index is 1170. The molecule has 0 atom stereocenters. The Kier molecular flexibility index (Phi) is 11.7. The van der Waals surface area contributed by atoms with Gasteiger partial charge in [-0.05, 0) is 60.5 Å². The number of carbonyl (C=O) groups is 2. The fraction of sp³-hybridized carbons (Fsp3) is 0.286. The normalized spacial score (nSPS) is 10.6. The average molecular weight is 561 g/mol. The molecule has 202 valence electrons. The highest BCUT2D eigenvalue weighted by Crippen LogP contribution is 2.29. The van der Waals surface area contributed by atoms with Crippen molar-refractivity contribution < 1.29 is 14.0 Å². The zero-order valence-electron chi connectivity index (χ0n) is 21.2. The van der Waals surface area contributed by atoms with Crippen LogP contribution in [0.15, 0.2) is 66.7 Å². The van der Waals surface area contributed by atoms with Gasteiger partial charge in [0.1, 0.15) is 5.82 Å². The van der Waals surface area contributed by atoms with Crippen LogP contribution in [0.2, 0.25) is 10.0 Å². The summed E-state index contributed by atoms with van der Waals surface area (Å²) in [6.45, 7) is 4.99. The van der Waals surface area contributed by atoms with E-state index in [0.29, 0.717) is 54.0 Å². The van der Waals surface area contributed by atoms with Crippen molar-refractivity contribution in [3.63, 3.8) is 0 Å². The fourth-order valence-electron chi connectivity index (χ4n) is 3.74. The predicted molar refractivity (Wildman–Crippen MR) is 154 cm³/mol. The van der Waals surface area contributed by atoms with Crippen LogP contribution in [0.4, 0.5) is 26.2 Å². The molecule has 0 radical (unpaired) electrons. The summed E-state index contributed by atoms with van der Waals surface area (Å²) in [5.74, 6) is -0.361. The molecule has 3 aromatic carbocycles. The SMILES string of the molecule is CCCN(CCNC(=O)Nc1c(Cl)cccc1Cl)c1ccc(NC(=O)CCNCc2ccc(F)cc2)cc1. The van der Waals surface area contributed by atoms with E-state index in [9.17, 15) is 14.0 Å². The summed E-state index contributed by atoms with van der Waals surface area (Å²) in [4.78, 5) is 26.8. The summed E-state index contributed by atoms with van der Waals surface area (Å²) in [5, 5.41) is 12.3. The van der Waals surface area contributed by atoms with Gasteiger partial charge in [-0.3, -0.25) is 4.79 Å². The van der Waals surface area contributed by atoms with E-state index in [1.165, 1.54) is 12.1 Å². The predicted octanol–water partition coefficient (Wildman–Crippen LogP) is 6.29. The number of benzene rings is 3. The minimum atomic E-state index is -0.387. The number of para-hydroxylation sites is 1. The minimum Gasteiger partial charge on any atom is -0.370 e. The highest BCUT2D eigenvalue weighted by Gasteiger charge is 2.11. The number of hydrogen-bond donors (Lipinski definition) is 4. The number of nitrogens with one attached hydrogen (secondary N) is 4. The Labute approximate surface area is 232 Å². The van der Waals surface area contributed by atoms with Crippen molar-refractivity contribution in [3.8, 4) is 0 Å². The van der Waals surface area contributed by atoms with Gasteiger partial charge in [0.25, 0.3) is 0 Å². The van der Waals surface area contributed by atoms with Gasteiger partial charge in [-0.2, -0.15) is 0 Å². The first-order valence-corrected chi connectivity index (χ1v) is 13.2. The molecule has 4 N–H and O–H groups in total. The second-order valence-corrected chi connectivity index (χ2v) is 9.43. The third kappa shape index (κ3) is 9.52. The molecule has 0 fully saturated rings. The van der Waals surface area contributed by atoms with Crippen LogP contribution < -0.4 is 26.2 Å². The van der Waals surface area contributed by atoms with E-state index in [0.717, 1.165) is 24.2 Å². The summed E-state index contributed by atoms with van der Waals surface area (Å²) in [6, 6.07) is 18.5. The Hall–Kier alpha value is -3.33. The molecule has 0 spiro atoms. The Morgan fingerprint density at radius 3 is 2.21 bits per heavy atom. The fourth-order valence-corrected chi connectivity index (χ4v) is 4.23. The van der Waals surface area contributed by atoms with Crippen LogP contribution in [-0.2, 0) is 11.3 Å². The average Bonchev–Trinajstić information content (AvgIpc) is 2.90. The Morgan fingerprint density at radius 1 is 0.868 bits per heavy atom. The quantitative estimate of drug-likeness (QED) is 0.185. The zero-order valence-corrected chi connectivity index (χ0v) is 22.7. The lowest BCUT2D eigenvalue weighted by molar-refractivity contribution is -0.116. The van der Waals surface area contributed by atoms with Crippen molar-refractivity contribution in [2.75, 3.05) is 41.7 Å². The summed E-state index contributed by atoms with van der Waals surface area (Å²) >= 11 is 12.2. The maximum absolute atomic E-state index is 13.0. The van der Waals surface area contributed by atoms with Gasteiger partial charge in [-0.25, -0.2) is 9.18 Å². The van der Waals surface area contributed by atoms with Crippen LogP contribution in [0.3, 0.4) is 0 Å². The van der Waals surface area contributed by atoms with Crippen LogP contribution >= 0.6 is 23.2 Å². The van der Waals surface area contributed by atoms with Crippen LogP contribution in [0, 0.1) is 5.82 Å². The van der Waals surface area contributed by atoms with Crippen molar-refractivity contribution in [2.24, 2.45) is 0 Å². The molecule has 3 aromatic rings. The maximum atomic E-state index is 13.0. The second-order valence-electron chi connectivity index (χ2n) is 8.61. The van der Waals surface area contributed by atoms with E-state index >= 15 is 0 Å². The molecule has 3 rings (SSSR count). The van der Waals surface area contributed by atoms with Crippen LogP contribution in [0.1, 0.15) is 25.3 Å². The number of rotatable bonds is 13. The highest BCUT2D eigenvalue weighted by atomic mass is 35.5. The van der Waals surface area contributed by atoms with E-state index in [-0.39, 0.29) is 17.8 Å². The number of carbonyl (C=O) groups excluding carboxylic acids is 2. The van der Waals surface area contributed by atoms with Gasteiger partial charge in [0.15, 0.2) is 0 Å². The van der Waals surface area contributed by atoms with Crippen molar-refractivity contribution in [2.45, 2.75) is 26.3 Å². The third-order valence-electron chi connectivity index (χ3n) is 5.65. The molecule has 0 aliphatic carbocycles. The summed E-state index contributed by atoms with van der Waals surface area (Å²) in [5.41, 5.74) is 3.03. The molecular formula is C28H32Cl2FN5O2. The maximum Gasteiger partial charge on any atom is 0.319 e. The van der Waals surface area contributed by atoms with E-state index in [1.54, 1.807) is 30.3 Å². The third-order valence-corrected chi connectivity index (χ3v) is 6.28. The standard InChI is InChI=1S/C28H32Cl2FN5O2/c1-2-17-36(18-16-33-28(38)35-27-24(29)4-3-5-25(27)30)23-12-10-22(11-13-23)34-26(37)14-15-32-19-20-6-8-21(31)9-7-20/h3-13,32H,2,14-19H2,1H3,(H,34,37)(H2,33,35,38). The monoisotopic (exact) mass is 559 g/mol. The van der Waals surface area contributed by atoms with E-state index in [4.69, 9.17) is 23.2 Å². The first kappa shape index (κ1) is 29.2. The van der Waals surface area contributed by atoms with Gasteiger partial charge >= 0.3 is 6.03 Å². The molecule has 10 heteroatoms. The second kappa shape index (κ2) is 15.2. The molecule has 0 unspecified atom stereocenters. The molecular weight excluding hydrogens is 528 g/mol. The van der Waals surface area contributed by atoms with Gasteiger partial charge in [-0.15, -0.1) is 0 Å². The minimum absolute atomic E-state index is 0.0939. The lowest BCUT2D eigenvalue weighted by atomic mass is 10.2. The van der Waals surface area contributed by atoms with Crippen molar-refractivity contribution in [3.05, 3.63) is 88.2 Å². The van der Waals surface area contributed by atoms with Crippen molar-refractivity contribution in [1.82, 2.24) is 10.6 Å².